The number of hydrogen-bond donors (Lipinski definition) is 2. The lowest BCUT2D eigenvalue weighted by Gasteiger charge is -2.28. The van der Waals surface area contributed by atoms with E-state index in [0.29, 0.717) is 37.5 Å². The Kier molecular flexibility index (Phi) is 7.61. The first-order valence-electron chi connectivity index (χ1n) is 12.3. The molecule has 1 aliphatic rings. The van der Waals surface area contributed by atoms with Crippen LogP contribution >= 0.6 is 0 Å². The van der Waals surface area contributed by atoms with Crippen LogP contribution in [0.25, 0.3) is 10.9 Å². The number of aromatic amines is 1. The van der Waals surface area contributed by atoms with E-state index >= 15 is 0 Å². The molecule has 192 valence electrons. The molecule has 3 aromatic rings. The summed E-state index contributed by atoms with van der Waals surface area (Å²) in [7, 11) is 5.07. The maximum atomic E-state index is 13.2. The van der Waals surface area contributed by atoms with Gasteiger partial charge in [-0.25, -0.2) is 4.79 Å². The Balaban J connectivity index is 1.46. The number of esters is 1. The SMILES string of the molecule is CCOC(=O)C1CCCC(Nc2nc(N(C)C(=O)N(C)Cc3ccc4cc[nH]c4c3)c(C=O)n2C)C1. The van der Waals surface area contributed by atoms with Crippen molar-refractivity contribution in [2.24, 2.45) is 13.0 Å². The normalized spacial score (nSPS) is 17.6. The number of imidazole rings is 1. The number of rotatable bonds is 8. The molecule has 36 heavy (non-hydrogen) atoms. The van der Waals surface area contributed by atoms with E-state index < -0.39 is 0 Å². The molecular weight excluding hydrogens is 460 g/mol. The minimum Gasteiger partial charge on any atom is -0.466 e. The summed E-state index contributed by atoms with van der Waals surface area (Å²) in [4.78, 5) is 48.2. The molecule has 0 bridgehead atoms. The molecule has 1 aliphatic carbocycles. The van der Waals surface area contributed by atoms with E-state index in [1.807, 2.05) is 37.4 Å². The van der Waals surface area contributed by atoms with Gasteiger partial charge in [0.05, 0.1) is 12.5 Å². The summed E-state index contributed by atoms with van der Waals surface area (Å²) in [6.45, 7) is 2.58. The molecule has 0 saturated heterocycles. The highest BCUT2D eigenvalue weighted by atomic mass is 16.5. The Labute approximate surface area is 210 Å². The first-order valence-corrected chi connectivity index (χ1v) is 12.3. The highest BCUT2D eigenvalue weighted by Gasteiger charge is 2.30. The number of aldehydes is 1. The Morgan fingerprint density at radius 3 is 2.83 bits per heavy atom. The predicted molar refractivity (Wildman–Crippen MR) is 138 cm³/mol. The van der Waals surface area contributed by atoms with E-state index in [1.165, 1.54) is 4.90 Å². The Hall–Kier alpha value is -3.82. The van der Waals surface area contributed by atoms with Crippen molar-refractivity contribution in [1.29, 1.82) is 0 Å². The number of carbonyl (C=O) groups is 3. The minimum atomic E-state index is -0.283. The molecular formula is C26H34N6O4. The lowest BCUT2D eigenvalue weighted by atomic mass is 9.86. The topological polar surface area (TPSA) is 113 Å². The van der Waals surface area contributed by atoms with Crippen molar-refractivity contribution in [3.05, 3.63) is 41.7 Å². The van der Waals surface area contributed by atoms with Crippen LogP contribution in [0.2, 0.25) is 0 Å². The van der Waals surface area contributed by atoms with Crippen LogP contribution in [0.1, 0.15) is 48.7 Å². The molecule has 2 atom stereocenters. The van der Waals surface area contributed by atoms with Crippen molar-refractivity contribution in [3.63, 3.8) is 0 Å². The molecule has 1 saturated carbocycles. The summed E-state index contributed by atoms with van der Waals surface area (Å²) in [6.07, 6.45) is 5.82. The summed E-state index contributed by atoms with van der Waals surface area (Å²) < 4.78 is 6.85. The summed E-state index contributed by atoms with van der Waals surface area (Å²) in [6, 6.07) is 7.77. The third kappa shape index (κ3) is 5.22. The number of amides is 2. The van der Waals surface area contributed by atoms with Crippen LogP contribution in [-0.2, 0) is 23.1 Å². The van der Waals surface area contributed by atoms with Crippen LogP contribution in [-0.4, -0.2) is 64.5 Å². The molecule has 2 unspecified atom stereocenters. The number of aromatic nitrogens is 3. The van der Waals surface area contributed by atoms with E-state index in [4.69, 9.17) is 4.74 Å². The van der Waals surface area contributed by atoms with Gasteiger partial charge in [0.25, 0.3) is 0 Å². The highest BCUT2D eigenvalue weighted by molar-refractivity contribution is 5.95. The molecule has 1 fully saturated rings. The van der Waals surface area contributed by atoms with Gasteiger partial charge in [-0.1, -0.05) is 18.6 Å². The van der Waals surface area contributed by atoms with Gasteiger partial charge < -0.3 is 24.5 Å². The van der Waals surface area contributed by atoms with Crippen LogP contribution in [0.4, 0.5) is 16.6 Å². The summed E-state index contributed by atoms with van der Waals surface area (Å²) in [5, 5.41) is 4.49. The third-order valence-electron chi connectivity index (χ3n) is 6.83. The van der Waals surface area contributed by atoms with E-state index in [0.717, 1.165) is 35.7 Å². The number of H-pyrrole nitrogens is 1. The van der Waals surface area contributed by atoms with Crippen molar-refractivity contribution < 1.29 is 19.1 Å². The van der Waals surface area contributed by atoms with Crippen LogP contribution in [0, 0.1) is 5.92 Å². The second-order valence-corrected chi connectivity index (χ2v) is 9.37. The van der Waals surface area contributed by atoms with Gasteiger partial charge in [-0.05, 0) is 49.3 Å². The molecule has 1 aromatic carbocycles. The van der Waals surface area contributed by atoms with E-state index in [9.17, 15) is 14.4 Å². The molecule has 2 aromatic heterocycles. The fourth-order valence-electron chi connectivity index (χ4n) is 4.86. The van der Waals surface area contributed by atoms with Crippen LogP contribution < -0.4 is 10.2 Å². The minimum absolute atomic E-state index is 0.0215. The zero-order valence-corrected chi connectivity index (χ0v) is 21.3. The Morgan fingerprint density at radius 1 is 1.28 bits per heavy atom. The molecule has 0 spiro atoms. The summed E-state index contributed by atoms with van der Waals surface area (Å²) in [5.74, 6) is 0.456. The van der Waals surface area contributed by atoms with Crippen molar-refractivity contribution in [1.82, 2.24) is 19.4 Å². The van der Waals surface area contributed by atoms with Gasteiger partial charge in [0, 0.05) is 45.4 Å². The largest absolute Gasteiger partial charge is 0.466 e. The average molecular weight is 495 g/mol. The number of fused-ring (bicyclic) bond motifs is 1. The van der Waals surface area contributed by atoms with Crippen LogP contribution in [0.15, 0.2) is 30.5 Å². The molecule has 10 nitrogen and oxygen atoms in total. The number of nitrogens with one attached hydrogen (secondary N) is 2. The summed E-state index contributed by atoms with van der Waals surface area (Å²) in [5.41, 5.74) is 2.30. The van der Waals surface area contributed by atoms with Gasteiger partial charge in [-0.2, -0.15) is 4.98 Å². The highest BCUT2D eigenvalue weighted by Crippen LogP contribution is 2.29. The Bertz CT molecular complexity index is 1250. The maximum Gasteiger partial charge on any atom is 0.325 e. The second kappa shape index (κ2) is 10.8. The zero-order valence-electron chi connectivity index (χ0n) is 21.3. The second-order valence-electron chi connectivity index (χ2n) is 9.37. The monoisotopic (exact) mass is 494 g/mol. The molecule has 4 rings (SSSR count). The van der Waals surface area contributed by atoms with Gasteiger partial charge >= 0.3 is 12.0 Å². The average Bonchev–Trinajstić information content (AvgIpc) is 3.47. The lowest BCUT2D eigenvalue weighted by Crippen LogP contribution is -2.39. The number of urea groups is 1. The van der Waals surface area contributed by atoms with E-state index in [-0.39, 0.29) is 29.8 Å². The molecule has 2 N–H and O–H groups in total. The smallest absolute Gasteiger partial charge is 0.325 e. The van der Waals surface area contributed by atoms with Crippen LogP contribution in [0.3, 0.4) is 0 Å². The molecule has 10 heteroatoms. The molecule has 2 heterocycles. The van der Waals surface area contributed by atoms with Crippen molar-refractivity contribution >= 4 is 41.0 Å². The first-order chi connectivity index (χ1) is 17.3. The van der Waals surface area contributed by atoms with E-state index in [1.54, 1.807) is 30.6 Å². The molecule has 2 amide bonds. The predicted octanol–water partition coefficient (Wildman–Crippen LogP) is 3.94. The number of ether oxygens (including phenoxy) is 1. The van der Waals surface area contributed by atoms with Gasteiger partial charge in [0.2, 0.25) is 5.95 Å². The number of benzene rings is 1. The number of anilines is 2. The summed E-state index contributed by atoms with van der Waals surface area (Å²) >= 11 is 0. The Morgan fingerprint density at radius 2 is 2.08 bits per heavy atom. The van der Waals surface area contributed by atoms with Crippen molar-refractivity contribution in [3.8, 4) is 0 Å². The lowest BCUT2D eigenvalue weighted by molar-refractivity contribution is -0.149. The number of nitrogens with zero attached hydrogens (tertiary/aromatic N) is 4. The first kappa shape index (κ1) is 25.3. The maximum absolute atomic E-state index is 13.2. The molecule has 0 aliphatic heterocycles. The van der Waals surface area contributed by atoms with Crippen LogP contribution in [0.5, 0.6) is 0 Å². The number of hydrogen-bond acceptors (Lipinski definition) is 6. The van der Waals surface area contributed by atoms with Crippen molar-refractivity contribution in [2.45, 2.75) is 45.2 Å². The third-order valence-corrected chi connectivity index (χ3v) is 6.83. The quantitative estimate of drug-likeness (QED) is 0.362. The number of carbonyl (C=O) groups excluding carboxylic acids is 3. The standard InChI is InChI=1S/C26H34N6O4/c1-5-36-24(34)19-7-6-8-20(14-19)28-25-29-23(22(16-33)31(25)3)32(4)26(35)30(2)15-17-9-10-18-11-12-27-21(18)13-17/h9-13,16,19-20,27H,5-8,14-15H2,1-4H3,(H,28,29). The van der Waals surface area contributed by atoms with Gasteiger partial charge in [0.15, 0.2) is 12.1 Å². The zero-order chi connectivity index (χ0) is 25.8. The van der Waals surface area contributed by atoms with Gasteiger partial charge in [-0.3, -0.25) is 14.5 Å². The van der Waals surface area contributed by atoms with Crippen molar-refractivity contribution in [2.75, 3.05) is 30.9 Å². The fourth-order valence-corrected chi connectivity index (χ4v) is 4.86. The van der Waals surface area contributed by atoms with E-state index in [2.05, 4.69) is 15.3 Å². The van der Waals surface area contributed by atoms with Gasteiger partial charge in [-0.15, -0.1) is 0 Å². The fraction of sp³-hybridized carbons (Fsp3) is 0.462. The molecule has 0 radical (unpaired) electrons. The van der Waals surface area contributed by atoms with Gasteiger partial charge in [0.1, 0.15) is 5.69 Å².